The molecule has 0 aromatic carbocycles. The van der Waals surface area contributed by atoms with Gasteiger partial charge in [-0.05, 0) is 111 Å². The molecule has 5 rings (SSSR count). The lowest BCUT2D eigenvalue weighted by atomic mass is 9.50. The summed E-state index contributed by atoms with van der Waals surface area (Å²) < 4.78 is 21.9. The molecule has 0 heterocycles. The zero-order chi connectivity index (χ0) is 35.2. The van der Waals surface area contributed by atoms with Crippen molar-refractivity contribution in [2.75, 3.05) is 13.2 Å². The number of carbonyl (C=O) groups excluding carboxylic acids is 6. The van der Waals surface area contributed by atoms with E-state index in [9.17, 15) is 28.8 Å². The molecule has 11 nitrogen and oxygen atoms in total. The monoisotopic (exact) mass is 669 g/mol. The Morgan fingerprint density at radius 3 is 2.46 bits per heavy atom. The van der Waals surface area contributed by atoms with Crippen LogP contribution in [0.4, 0.5) is 4.79 Å². The van der Waals surface area contributed by atoms with Crippen molar-refractivity contribution in [3.63, 3.8) is 0 Å². The highest BCUT2D eigenvalue weighted by atomic mass is 16.6. The van der Waals surface area contributed by atoms with Crippen molar-refractivity contribution in [3.8, 4) is 0 Å². The zero-order valence-electron chi connectivity index (χ0n) is 29.2. The molecule has 5 aliphatic rings. The molecular formula is C37H51NO10. The molecule has 48 heavy (non-hydrogen) atoms. The number of alkyl carbamates (subject to hydrolysis) is 1. The Labute approximate surface area is 282 Å². The highest BCUT2D eigenvalue weighted by Gasteiger charge is 2.78. The number of amides is 1. The number of ether oxygens (including phenoxy) is 4. The summed E-state index contributed by atoms with van der Waals surface area (Å²) in [6.07, 6.45) is 8.24. The van der Waals surface area contributed by atoms with Crippen LogP contribution in [0.3, 0.4) is 0 Å². The fourth-order valence-corrected chi connectivity index (χ4v) is 10.1. The van der Waals surface area contributed by atoms with Gasteiger partial charge in [0.25, 0.3) is 0 Å². The van der Waals surface area contributed by atoms with Gasteiger partial charge in [0.1, 0.15) is 18.2 Å². The maximum absolute atomic E-state index is 13.7. The van der Waals surface area contributed by atoms with Crippen LogP contribution in [0.25, 0.3) is 0 Å². The maximum atomic E-state index is 13.7. The predicted molar refractivity (Wildman–Crippen MR) is 173 cm³/mol. The first-order chi connectivity index (χ1) is 22.4. The van der Waals surface area contributed by atoms with E-state index in [4.69, 9.17) is 18.9 Å². The van der Waals surface area contributed by atoms with Gasteiger partial charge in [0.2, 0.25) is 0 Å². The van der Waals surface area contributed by atoms with E-state index in [0.717, 1.165) is 32.1 Å². The number of carbonyl (C=O) groups is 6. The third-order valence-electron chi connectivity index (χ3n) is 12.1. The van der Waals surface area contributed by atoms with E-state index in [1.54, 1.807) is 26.8 Å². The van der Waals surface area contributed by atoms with Crippen LogP contribution in [0.1, 0.15) is 99.3 Å². The number of hydrogen-bond donors (Lipinski definition) is 1. The van der Waals surface area contributed by atoms with E-state index >= 15 is 0 Å². The molecule has 1 amide bonds. The molecule has 2 spiro atoms. The average Bonchev–Trinajstić information content (AvgIpc) is 3.57. The van der Waals surface area contributed by atoms with Crippen molar-refractivity contribution in [1.29, 1.82) is 0 Å². The molecule has 0 aromatic rings. The molecule has 0 saturated heterocycles. The Balaban J connectivity index is 1.25. The SMILES string of the molecule is C=C(CCOC(=O)CNC(=O)OC(C)(C)C)C(=O)C(CC1C(OC(C)=O)CC2C3CCC4CC(=O)C=CC45CC35CCC12C)OC(C)=O. The molecule has 0 radical (unpaired) electrons. The van der Waals surface area contributed by atoms with E-state index in [0.29, 0.717) is 24.7 Å². The Hall–Kier alpha value is -3.50. The number of ketones is 2. The van der Waals surface area contributed by atoms with E-state index in [1.165, 1.54) is 13.8 Å². The summed E-state index contributed by atoms with van der Waals surface area (Å²) in [4.78, 5) is 74.5. The van der Waals surface area contributed by atoms with Crippen LogP contribution in [0.15, 0.2) is 24.3 Å². The summed E-state index contributed by atoms with van der Waals surface area (Å²) in [6, 6.07) is 0. The molecule has 0 aromatic heterocycles. The lowest BCUT2D eigenvalue weighted by Gasteiger charge is -2.54. The third kappa shape index (κ3) is 6.83. The third-order valence-corrected chi connectivity index (χ3v) is 12.1. The minimum Gasteiger partial charge on any atom is -0.464 e. The largest absolute Gasteiger partial charge is 0.464 e. The fourth-order valence-electron chi connectivity index (χ4n) is 10.1. The molecule has 9 atom stereocenters. The second-order valence-electron chi connectivity index (χ2n) is 16.0. The van der Waals surface area contributed by atoms with Gasteiger partial charge in [-0.2, -0.15) is 0 Å². The molecule has 0 bridgehead atoms. The summed E-state index contributed by atoms with van der Waals surface area (Å²) in [5, 5.41) is 2.33. The Morgan fingerprint density at radius 2 is 1.79 bits per heavy atom. The second-order valence-corrected chi connectivity index (χ2v) is 16.0. The molecule has 5 aliphatic carbocycles. The number of fused-ring (bicyclic) bond motifs is 2. The molecule has 0 aliphatic heterocycles. The first kappa shape index (κ1) is 35.8. The van der Waals surface area contributed by atoms with Gasteiger partial charge in [-0.1, -0.05) is 19.6 Å². The van der Waals surface area contributed by atoms with Crippen molar-refractivity contribution >= 4 is 35.6 Å². The van der Waals surface area contributed by atoms with E-state index in [2.05, 4.69) is 24.9 Å². The molecular weight excluding hydrogens is 618 g/mol. The zero-order valence-corrected chi connectivity index (χ0v) is 29.2. The van der Waals surface area contributed by atoms with Crippen LogP contribution in [0.5, 0.6) is 0 Å². The van der Waals surface area contributed by atoms with Crippen molar-refractivity contribution < 1.29 is 47.7 Å². The number of nitrogens with one attached hydrogen (secondary N) is 1. The van der Waals surface area contributed by atoms with E-state index in [1.807, 2.05) is 0 Å². The maximum Gasteiger partial charge on any atom is 0.408 e. The first-order valence-corrected chi connectivity index (χ1v) is 17.3. The van der Waals surface area contributed by atoms with Crippen molar-refractivity contribution in [3.05, 3.63) is 24.3 Å². The van der Waals surface area contributed by atoms with Crippen LogP contribution in [-0.4, -0.2) is 66.5 Å². The van der Waals surface area contributed by atoms with Crippen LogP contribution >= 0.6 is 0 Å². The number of hydrogen-bond acceptors (Lipinski definition) is 10. The summed E-state index contributed by atoms with van der Waals surface area (Å²) >= 11 is 0. The summed E-state index contributed by atoms with van der Waals surface area (Å²) in [5.74, 6) is -1.08. The van der Waals surface area contributed by atoms with Gasteiger partial charge >= 0.3 is 24.0 Å². The van der Waals surface area contributed by atoms with Gasteiger partial charge in [0.15, 0.2) is 17.7 Å². The van der Waals surface area contributed by atoms with E-state index in [-0.39, 0.29) is 64.9 Å². The van der Waals surface area contributed by atoms with Crippen molar-refractivity contribution in [2.24, 2.45) is 39.9 Å². The Kier molecular flexibility index (Phi) is 9.76. The molecule has 9 unspecified atom stereocenters. The van der Waals surface area contributed by atoms with Gasteiger partial charge in [-0.3, -0.25) is 24.0 Å². The van der Waals surface area contributed by atoms with Crippen molar-refractivity contribution in [1.82, 2.24) is 5.32 Å². The van der Waals surface area contributed by atoms with Gasteiger partial charge < -0.3 is 24.3 Å². The minimum absolute atomic E-state index is 0.0105. The van der Waals surface area contributed by atoms with Crippen molar-refractivity contribution in [2.45, 2.75) is 117 Å². The second kappa shape index (κ2) is 13.1. The van der Waals surface area contributed by atoms with E-state index < -0.39 is 48.2 Å². The molecule has 264 valence electrons. The average molecular weight is 670 g/mol. The van der Waals surface area contributed by atoms with Crippen LogP contribution in [0.2, 0.25) is 0 Å². The summed E-state index contributed by atoms with van der Waals surface area (Å²) in [7, 11) is 0. The number of rotatable bonds is 11. The highest BCUT2D eigenvalue weighted by Crippen LogP contribution is 2.84. The number of Topliss-reactive ketones (excluding diaryl/α,β-unsaturated/α-hetero) is 1. The van der Waals surface area contributed by atoms with Gasteiger partial charge in [-0.15, -0.1) is 0 Å². The topological polar surface area (TPSA) is 151 Å². The Bertz CT molecular complexity index is 1410. The first-order valence-electron chi connectivity index (χ1n) is 17.3. The number of esters is 3. The highest BCUT2D eigenvalue weighted by molar-refractivity contribution is 5.99. The lowest BCUT2D eigenvalue weighted by molar-refractivity contribution is -0.158. The smallest absolute Gasteiger partial charge is 0.408 e. The Morgan fingerprint density at radius 1 is 1.06 bits per heavy atom. The molecule has 1 N–H and O–H groups in total. The summed E-state index contributed by atoms with van der Waals surface area (Å²) in [5.41, 5.74) is -0.585. The quantitative estimate of drug-likeness (QED) is 0.177. The number of allylic oxidation sites excluding steroid dienone is 2. The normalized spacial score (nSPS) is 35.0. The van der Waals surface area contributed by atoms with Crippen LogP contribution in [-0.2, 0) is 42.9 Å². The minimum atomic E-state index is -1.13. The summed E-state index contributed by atoms with van der Waals surface area (Å²) in [6.45, 7) is 13.4. The van der Waals surface area contributed by atoms with Gasteiger partial charge in [0, 0.05) is 32.6 Å². The fraction of sp³-hybridized carbons (Fsp3) is 0.730. The molecule has 4 saturated carbocycles. The molecule has 11 heteroatoms. The van der Waals surface area contributed by atoms with Crippen LogP contribution in [0, 0.1) is 39.9 Å². The van der Waals surface area contributed by atoms with Crippen LogP contribution < -0.4 is 5.32 Å². The molecule has 4 fully saturated rings. The lowest BCUT2D eigenvalue weighted by Crippen LogP contribution is -2.49. The van der Waals surface area contributed by atoms with Gasteiger partial charge in [0.05, 0.1) is 6.61 Å². The van der Waals surface area contributed by atoms with Gasteiger partial charge in [-0.25, -0.2) is 4.79 Å². The standard InChI is InChI=1S/C37H51NO10/c1-21(11-15-45-31(42)19-38-33(44)48-34(4,5)6)32(43)30(47-23(3)40)18-28-29(46-22(2)39)17-27-26-9-8-24-16-25(41)10-12-36(24)20-37(26,36)14-13-35(27,28)7/h10,12,24,26-30H,1,8-9,11,13-20H2,2-7H3,(H,38,44). The predicted octanol–water partition coefficient (Wildman–Crippen LogP) is 5.19.